The maximum atomic E-state index is 12.3. The van der Waals surface area contributed by atoms with Gasteiger partial charge in [-0.15, -0.1) is 11.8 Å². The molecule has 1 amide bonds. The van der Waals surface area contributed by atoms with Gasteiger partial charge in [-0.25, -0.2) is 9.97 Å². The zero-order valence-corrected chi connectivity index (χ0v) is 16.5. The van der Waals surface area contributed by atoms with Gasteiger partial charge >= 0.3 is 0 Å². The van der Waals surface area contributed by atoms with Crippen LogP contribution in [0.5, 0.6) is 0 Å². The molecule has 26 heavy (non-hydrogen) atoms. The molecule has 1 N–H and O–H groups in total. The summed E-state index contributed by atoms with van der Waals surface area (Å²) in [4.78, 5) is 23.3. The van der Waals surface area contributed by atoms with Crippen molar-refractivity contribution in [2.75, 3.05) is 17.3 Å². The number of carbonyl (C=O) groups is 1. The lowest BCUT2D eigenvalue weighted by Crippen LogP contribution is -2.14. The van der Waals surface area contributed by atoms with Crippen molar-refractivity contribution < 1.29 is 4.79 Å². The first-order valence-electron chi connectivity index (χ1n) is 7.85. The number of nitrogens with zero attached hydrogens (tertiary/aromatic N) is 2. The predicted octanol–water partition coefficient (Wildman–Crippen LogP) is 5.08. The van der Waals surface area contributed by atoms with Crippen LogP contribution in [0.3, 0.4) is 0 Å². The molecule has 3 rings (SSSR count). The minimum absolute atomic E-state index is 0.0606. The molecule has 1 heterocycles. The van der Waals surface area contributed by atoms with Crippen molar-refractivity contribution in [3.8, 4) is 0 Å². The Morgan fingerprint density at radius 2 is 1.69 bits per heavy atom. The second kappa shape index (κ2) is 9.66. The first kappa shape index (κ1) is 18.8. The third-order valence-corrected chi connectivity index (χ3v) is 6.12. The van der Waals surface area contributed by atoms with Gasteiger partial charge in [-0.3, -0.25) is 4.79 Å². The fourth-order valence-corrected chi connectivity index (χ4v) is 4.30. The second-order valence-electron chi connectivity index (χ2n) is 5.15. The van der Waals surface area contributed by atoms with Crippen LogP contribution in [0.4, 0.5) is 5.69 Å². The number of benzene rings is 2. The molecule has 0 saturated carbocycles. The number of aromatic nitrogens is 2. The van der Waals surface area contributed by atoms with Crippen LogP contribution in [0.25, 0.3) is 0 Å². The van der Waals surface area contributed by atoms with Crippen LogP contribution in [-0.2, 0) is 4.79 Å². The molecule has 0 saturated heterocycles. The van der Waals surface area contributed by atoms with Gasteiger partial charge in [0, 0.05) is 27.9 Å². The predicted molar refractivity (Wildman–Crippen MR) is 110 cm³/mol. The summed E-state index contributed by atoms with van der Waals surface area (Å²) in [6.45, 7) is 0. The van der Waals surface area contributed by atoms with Gasteiger partial charge in [-0.05, 0) is 36.6 Å². The van der Waals surface area contributed by atoms with Crippen LogP contribution in [0.15, 0.2) is 86.8 Å². The summed E-state index contributed by atoms with van der Waals surface area (Å²) in [6, 6.07) is 17.8. The Morgan fingerprint density at radius 3 is 2.46 bits per heavy atom. The lowest BCUT2D eigenvalue weighted by molar-refractivity contribution is -0.113. The molecule has 0 atom stereocenters. The van der Waals surface area contributed by atoms with E-state index in [0.717, 1.165) is 25.5 Å². The van der Waals surface area contributed by atoms with Crippen LogP contribution < -0.4 is 5.32 Å². The minimum atomic E-state index is -0.0606. The number of amides is 1. The number of hydrogen-bond donors (Lipinski definition) is 1. The molecule has 0 aliphatic carbocycles. The summed E-state index contributed by atoms with van der Waals surface area (Å²) >= 11 is 4.58. The Kier molecular flexibility index (Phi) is 6.99. The van der Waals surface area contributed by atoms with Gasteiger partial charge in [0.1, 0.15) is 10.1 Å². The smallest absolute Gasteiger partial charge is 0.234 e. The van der Waals surface area contributed by atoms with Crippen LogP contribution in [0.2, 0.25) is 0 Å². The molecule has 0 bridgehead atoms. The van der Waals surface area contributed by atoms with Crippen LogP contribution in [0, 0.1) is 0 Å². The second-order valence-corrected chi connectivity index (χ2v) is 8.06. The Hall–Kier alpha value is -1.96. The Labute approximate surface area is 165 Å². The van der Waals surface area contributed by atoms with E-state index in [-0.39, 0.29) is 11.7 Å². The highest BCUT2D eigenvalue weighted by Crippen LogP contribution is 2.32. The summed E-state index contributed by atoms with van der Waals surface area (Å²) < 4.78 is 0. The van der Waals surface area contributed by atoms with Gasteiger partial charge in [0.25, 0.3) is 0 Å². The van der Waals surface area contributed by atoms with E-state index in [1.165, 1.54) is 11.8 Å². The van der Waals surface area contributed by atoms with Gasteiger partial charge in [-0.1, -0.05) is 47.8 Å². The van der Waals surface area contributed by atoms with Gasteiger partial charge in [0.15, 0.2) is 0 Å². The van der Waals surface area contributed by atoms with E-state index in [9.17, 15) is 4.79 Å². The summed E-state index contributed by atoms with van der Waals surface area (Å²) in [7, 11) is 0. The fourth-order valence-electron chi connectivity index (χ4n) is 2.11. The van der Waals surface area contributed by atoms with E-state index in [1.807, 2.05) is 60.9 Å². The van der Waals surface area contributed by atoms with Crippen LogP contribution in [-0.4, -0.2) is 27.9 Å². The zero-order chi connectivity index (χ0) is 18.2. The third kappa shape index (κ3) is 5.52. The summed E-state index contributed by atoms with van der Waals surface area (Å²) in [5.41, 5.74) is 0.806. The molecule has 0 unspecified atom stereocenters. The molecule has 132 valence electrons. The largest absolute Gasteiger partial charge is 0.325 e. The first-order valence-corrected chi connectivity index (χ1v) is 10.9. The van der Waals surface area contributed by atoms with E-state index in [4.69, 9.17) is 0 Å². The lowest BCUT2D eigenvalue weighted by atomic mass is 10.3. The lowest BCUT2D eigenvalue weighted by Gasteiger charge is -2.08. The molecule has 7 heteroatoms. The molecule has 0 fully saturated rings. The molecular weight excluding hydrogens is 382 g/mol. The molecule has 0 aliphatic rings. The Balaban J connectivity index is 1.61. The molecule has 3 aromatic rings. The SMILES string of the molecule is CSc1cccc(NC(=O)CSc2nccnc2Sc2ccccc2)c1. The topological polar surface area (TPSA) is 54.9 Å². The molecular formula is C19H17N3OS3. The van der Waals surface area contributed by atoms with Crippen LogP contribution >= 0.6 is 35.3 Å². The first-order chi connectivity index (χ1) is 12.7. The van der Waals surface area contributed by atoms with E-state index < -0.39 is 0 Å². The van der Waals surface area contributed by atoms with Gasteiger partial charge in [-0.2, -0.15) is 0 Å². The molecule has 0 spiro atoms. The molecule has 0 aliphatic heterocycles. The Bertz CT molecular complexity index is 875. The van der Waals surface area contributed by atoms with Crippen molar-refractivity contribution >= 4 is 46.9 Å². The van der Waals surface area contributed by atoms with Gasteiger partial charge < -0.3 is 5.32 Å². The number of rotatable bonds is 7. The number of carbonyl (C=O) groups excluding carboxylic acids is 1. The van der Waals surface area contributed by atoms with E-state index in [2.05, 4.69) is 15.3 Å². The maximum Gasteiger partial charge on any atom is 0.234 e. The number of thioether (sulfide) groups is 2. The Morgan fingerprint density at radius 1 is 0.962 bits per heavy atom. The highest BCUT2D eigenvalue weighted by atomic mass is 32.2. The quantitative estimate of drug-likeness (QED) is 0.559. The summed E-state index contributed by atoms with van der Waals surface area (Å²) in [5, 5.41) is 4.49. The van der Waals surface area contributed by atoms with E-state index in [1.54, 1.807) is 35.9 Å². The number of anilines is 1. The third-order valence-electron chi connectivity index (χ3n) is 3.28. The highest BCUT2D eigenvalue weighted by Gasteiger charge is 2.11. The summed E-state index contributed by atoms with van der Waals surface area (Å²) in [6.07, 6.45) is 5.33. The van der Waals surface area contributed by atoms with Crippen molar-refractivity contribution in [3.05, 3.63) is 67.0 Å². The fraction of sp³-hybridized carbons (Fsp3) is 0.105. The van der Waals surface area contributed by atoms with E-state index >= 15 is 0 Å². The molecule has 4 nitrogen and oxygen atoms in total. The monoisotopic (exact) mass is 399 g/mol. The number of hydrogen-bond acceptors (Lipinski definition) is 6. The standard InChI is InChI=1S/C19H17N3OS3/c1-24-16-9-5-6-14(12-16)22-17(23)13-25-18-19(21-11-10-20-18)26-15-7-3-2-4-8-15/h2-12H,13H2,1H3,(H,22,23). The minimum Gasteiger partial charge on any atom is -0.325 e. The van der Waals surface area contributed by atoms with Crippen molar-refractivity contribution in [3.63, 3.8) is 0 Å². The van der Waals surface area contributed by atoms with Crippen LogP contribution in [0.1, 0.15) is 0 Å². The van der Waals surface area contributed by atoms with E-state index in [0.29, 0.717) is 0 Å². The zero-order valence-electron chi connectivity index (χ0n) is 14.1. The molecule has 2 aromatic carbocycles. The van der Waals surface area contributed by atoms with Gasteiger partial charge in [0.2, 0.25) is 5.91 Å². The van der Waals surface area contributed by atoms with Crippen molar-refractivity contribution in [2.45, 2.75) is 19.8 Å². The molecule has 0 radical (unpaired) electrons. The van der Waals surface area contributed by atoms with Crippen molar-refractivity contribution in [1.82, 2.24) is 9.97 Å². The highest BCUT2D eigenvalue weighted by molar-refractivity contribution is 8.02. The average molecular weight is 400 g/mol. The van der Waals surface area contributed by atoms with Gasteiger partial charge in [0.05, 0.1) is 5.75 Å². The normalized spacial score (nSPS) is 10.5. The summed E-state index contributed by atoms with van der Waals surface area (Å²) in [5.74, 6) is 0.222. The van der Waals surface area contributed by atoms with Crippen molar-refractivity contribution in [1.29, 1.82) is 0 Å². The average Bonchev–Trinajstić information content (AvgIpc) is 2.68. The maximum absolute atomic E-state index is 12.3. The molecule has 1 aromatic heterocycles. The van der Waals surface area contributed by atoms with Crippen molar-refractivity contribution in [2.24, 2.45) is 0 Å². The number of nitrogens with one attached hydrogen (secondary N) is 1.